The number of carboxylic acid groups (broad SMARTS) is 1. The van der Waals surface area contributed by atoms with Crippen LogP contribution in [0.1, 0.15) is 42.6 Å². The van der Waals surface area contributed by atoms with Crippen molar-refractivity contribution in [2.24, 2.45) is 5.92 Å². The van der Waals surface area contributed by atoms with E-state index in [0.717, 1.165) is 19.5 Å². The van der Waals surface area contributed by atoms with Crippen LogP contribution < -0.4 is 4.90 Å². The molecule has 0 saturated carbocycles. The third-order valence-electron chi connectivity index (χ3n) is 3.54. The van der Waals surface area contributed by atoms with Crippen molar-refractivity contribution in [3.05, 3.63) is 29.3 Å². The zero-order valence-corrected chi connectivity index (χ0v) is 12.1. The van der Waals surface area contributed by atoms with E-state index in [2.05, 4.69) is 18.7 Å². The molecule has 0 saturated heterocycles. The first-order valence-corrected chi connectivity index (χ1v) is 7.10. The van der Waals surface area contributed by atoms with Crippen LogP contribution in [0.15, 0.2) is 18.2 Å². The first-order valence-electron chi connectivity index (χ1n) is 7.10. The highest BCUT2D eigenvalue weighted by Crippen LogP contribution is 2.29. The molecule has 0 aromatic heterocycles. The number of benzene rings is 1. The zero-order chi connectivity index (χ0) is 14.7. The summed E-state index contributed by atoms with van der Waals surface area (Å²) in [6.45, 7) is 6.42. The van der Waals surface area contributed by atoms with E-state index in [-0.39, 0.29) is 18.6 Å². The molecule has 4 heteroatoms. The molecule has 20 heavy (non-hydrogen) atoms. The second-order valence-corrected chi connectivity index (χ2v) is 5.75. The molecule has 1 aromatic rings. The number of carboxylic acids is 1. The maximum atomic E-state index is 11.9. The smallest absolute Gasteiger partial charge is 0.303 e. The largest absolute Gasteiger partial charge is 0.481 e. The summed E-state index contributed by atoms with van der Waals surface area (Å²) in [6.07, 6.45) is 0.932. The van der Waals surface area contributed by atoms with E-state index in [1.807, 2.05) is 18.2 Å². The first kappa shape index (κ1) is 14.6. The minimum atomic E-state index is -0.928. The number of Topliss-reactive ketones (excluding diaryl/α,β-unsaturated/α-hetero) is 1. The van der Waals surface area contributed by atoms with E-state index in [1.165, 1.54) is 11.3 Å². The van der Waals surface area contributed by atoms with Crippen molar-refractivity contribution in [1.82, 2.24) is 0 Å². The number of aliphatic carboxylic acids is 1. The number of carbonyl (C=O) groups excluding carboxylic acids is 1. The van der Waals surface area contributed by atoms with E-state index in [9.17, 15) is 9.59 Å². The second kappa shape index (κ2) is 6.07. The minimum absolute atomic E-state index is 0.0732. The van der Waals surface area contributed by atoms with Crippen LogP contribution in [-0.4, -0.2) is 29.9 Å². The predicted octanol–water partition coefficient (Wildman–Crippen LogP) is 2.75. The van der Waals surface area contributed by atoms with Gasteiger partial charge in [0.2, 0.25) is 0 Å². The van der Waals surface area contributed by atoms with E-state index in [1.54, 1.807) is 0 Å². The van der Waals surface area contributed by atoms with Crippen molar-refractivity contribution in [3.63, 3.8) is 0 Å². The van der Waals surface area contributed by atoms with E-state index in [0.29, 0.717) is 11.5 Å². The van der Waals surface area contributed by atoms with Crippen LogP contribution in [0.2, 0.25) is 0 Å². The fraction of sp³-hybridized carbons (Fsp3) is 0.500. The van der Waals surface area contributed by atoms with Crippen molar-refractivity contribution in [2.75, 3.05) is 18.0 Å². The summed E-state index contributed by atoms with van der Waals surface area (Å²) in [5.41, 5.74) is 3.05. The Morgan fingerprint density at radius 3 is 2.70 bits per heavy atom. The monoisotopic (exact) mass is 275 g/mol. The van der Waals surface area contributed by atoms with Crippen LogP contribution in [0.4, 0.5) is 5.69 Å². The molecule has 0 aliphatic carbocycles. The third-order valence-corrected chi connectivity index (χ3v) is 3.54. The Hall–Kier alpha value is -1.84. The molecule has 1 aromatic carbocycles. The lowest BCUT2D eigenvalue weighted by atomic mass is 10.0. The molecule has 1 heterocycles. The van der Waals surface area contributed by atoms with Gasteiger partial charge in [-0.25, -0.2) is 0 Å². The average molecular weight is 275 g/mol. The molecule has 108 valence electrons. The number of hydrogen-bond acceptors (Lipinski definition) is 3. The highest BCUT2D eigenvalue weighted by Gasteiger charge is 2.21. The van der Waals surface area contributed by atoms with E-state index in [4.69, 9.17) is 5.11 Å². The van der Waals surface area contributed by atoms with Gasteiger partial charge < -0.3 is 10.0 Å². The van der Waals surface area contributed by atoms with Crippen LogP contribution >= 0.6 is 0 Å². The normalized spacial score (nSPS) is 13.7. The Morgan fingerprint density at radius 1 is 1.30 bits per heavy atom. The van der Waals surface area contributed by atoms with Gasteiger partial charge in [-0.3, -0.25) is 9.59 Å². The van der Waals surface area contributed by atoms with Gasteiger partial charge in [0.25, 0.3) is 0 Å². The van der Waals surface area contributed by atoms with Crippen LogP contribution in [-0.2, 0) is 11.2 Å². The molecule has 0 fully saturated rings. The van der Waals surface area contributed by atoms with Gasteiger partial charge in [-0.1, -0.05) is 13.8 Å². The SMILES string of the molecule is CC(C)CN1CCc2cc(C(=O)CCC(=O)O)ccc21. The summed E-state index contributed by atoms with van der Waals surface area (Å²) in [6, 6.07) is 5.75. The molecule has 1 N–H and O–H groups in total. The van der Waals surface area contributed by atoms with Crippen molar-refractivity contribution in [2.45, 2.75) is 33.1 Å². The topological polar surface area (TPSA) is 57.6 Å². The highest BCUT2D eigenvalue weighted by molar-refractivity contribution is 5.98. The second-order valence-electron chi connectivity index (χ2n) is 5.75. The van der Waals surface area contributed by atoms with Crippen molar-refractivity contribution in [3.8, 4) is 0 Å². The van der Waals surface area contributed by atoms with E-state index >= 15 is 0 Å². The number of ketones is 1. The number of fused-ring (bicyclic) bond motifs is 1. The fourth-order valence-corrected chi connectivity index (χ4v) is 2.64. The number of nitrogens with zero attached hydrogens (tertiary/aromatic N) is 1. The number of rotatable bonds is 6. The summed E-state index contributed by atoms with van der Waals surface area (Å²) in [7, 11) is 0. The maximum absolute atomic E-state index is 11.9. The van der Waals surface area contributed by atoms with Gasteiger partial charge in [-0.05, 0) is 36.1 Å². The summed E-state index contributed by atoms with van der Waals surface area (Å²) >= 11 is 0. The average Bonchev–Trinajstić information content (AvgIpc) is 2.77. The summed E-state index contributed by atoms with van der Waals surface area (Å²) < 4.78 is 0. The quantitative estimate of drug-likeness (QED) is 0.811. The molecule has 0 spiro atoms. The molecular weight excluding hydrogens is 254 g/mol. The third kappa shape index (κ3) is 3.38. The van der Waals surface area contributed by atoms with Gasteiger partial charge in [0, 0.05) is 30.8 Å². The van der Waals surface area contributed by atoms with Crippen LogP contribution in [0.25, 0.3) is 0 Å². The summed E-state index contributed by atoms with van der Waals surface area (Å²) in [5.74, 6) is -0.405. The molecule has 0 atom stereocenters. The van der Waals surface area contributed by atoms with Gasteiger partial charge in [0.15, 0.2) is 5.78 Å². The van der Waals surface area contributed by atoms with Gasteiger partial charge >= 0.3 is 5.97 Å². The standard InChI is InChI=1S/C16H21NO3/c1-11(2)10-17-8-7-12-9-13(3-4-14(12)17)15(18)5-6-16(19)20/h3-4,9,11H,5-8,10H2,1-2H3,(H,19,20). The van der Waals surface area contributed by atoms with Gasteiger partial charge in [-0.15, -0.1) is 0 Å². The number of carbonyl (C=O) groups is 2. The predicted molar refractivity (Wildman–Crippen MR) is 78.4 cm³/mol. The van der Waals surface area contributed by atoms with Crippen molar-refractivity contribution < 1.29 is 14.7 Å². The van der Waals surface area contributed by atoms with Crippen LogP contribution in [0.3, 0.4) is 0 Å². The lowest BCUT2D eigenvalue weighted by molar-refractivity contribution is -0.136. The Labute approximate surface area is 119 Å². The lowest BCUT2D eigenvalue weighted by Gasteiger charge is -2.21. The summed E-state index contributed by atoms with van der Waals surface area (Å²) in [4.78, 5) is 24.8. The highest BCUT2D eigenvalue weighted by atomic mass is 16.4. The zero-order valence-electron chi connectivity index (χ0n) is 12.1. The Bertz CT molecular complexity index is 522. The van der Waals surface area contributed by atoms with Crippen LogP contribution in [0.5, 0.6) is 0 Å². The molecule has 0 radical (unpaired) electrons. The molecule has 0 bridgehead atoms. The maximum Gasteiger partial charge on any atom is 0.303 e. The lowest BCUT2D eigenvalue weighted by Crippen LogP contribution is -2.25. The molecule has 4 nitrogen and oxygen atoms in total. The minimum Gasteiger partial charge on any atom is -0.481 e. The van der Waals surface area contributed by atoms with Gasteiger partial charge in [-0.2, -0.15) is 0 Å². The number of anilines is 1. The molecular formula is C16H21NO3. The van der Waals surface area contributed by atoms with E-state index < -0.39 is 5.97 Å². The van der Waals surface area contributed by atoms with Crippen LogP contribution in [0, 0.1) is 5.92 Å². The molecule has 1 aliphatic heterocycles. The Balaban J connectivity index is 2.09. The van der Waals surface area contributed by atoms with Crippen molar-refractivity contribution in [1.29, 1.82) is 0 Å². The Morgan fingerprint density at radius 2 is 2.05 bits per heavy atom. The van der Waals surface area contributed by atoms with Crippen molar-refractivity contribution >= 4 is 17.4 Å². The molecule has 1 aliphatic rings. The molecule has 0 unspecified atom stereocenters. The Kier molecular flexibility index (Phi) is 4.42. The fourth-order valence-electron chi connectivity index (χ4n) is 2.64. The number of hydrogen-bond donors (Lipinski definition) is 1. The molecule has 2 rings (SSSR count). The van der Waals surface area contributed by atoms with Gasteiger partial charge in [0.1, 0.15) is 0 Å². The first-order chi connectivity index (χ1) is 9.47. The van der Waals surface area contributed by atoms with Gasteiger partial charge in [0.05, 0.1) is 6.42 Å². The molecule has 0 amide bonds. The summed E-state index contributed by atoms with van der Waals surface area (Å²) in [5, 5.41) is 8.62.